The second kappa shape index (κ2) is 5.85. The van der Waals surface area contributed by atoms with Gasteiger partial charge in [-0.15, -0.1) is 0 Å². The van der Waals surface area contributed by atoms with E-state index in [2.05, 4.69) is 12.2 Å². The van der Waals surface area contributed by atoms with E-state index in [4.69, 9.17) is 0 Å². The molecule has 0 bridgehead atoms. The van der Waals surface area contributed by atoms with E-state index in [-0.39, 0.29) is 18.1 Å². The van der Waals surface area contributed by atoms with Crippen LogP contribution in [0.2, 0.25) is 0 Å². The number of hydrogen-bond acceptors (Lipinski definition) is 2. The molecule has 0 aromatic heterocycles. The van der Waals surface area contributed by atoms with Gasteiger partial charge in [0.2, 0.25) is 0 Å². The van der Waals surface area contributed by atoms with Gasteiger partial charge >= 0.3 is 12.0 Å². The van der Waals surface area contributed by atoms with Crippen molar-refractivity contribution in [3.05, 3.63) is 0 Å². The number of urea groups is 1. The molecule has 2 saturated carbocycles. The van der Waals surface area contributed by atoms with Gasteiger partial charge in [0.05, 0.1) is 0 Å². The van der Waals surface area contributed by atoms with Crippen LogP contribution in [-0.2, 0) is 4.79 Å². The Morgan fingerprint density at radius 1 is 1.19 bits per heavy atom. The number of carboxylic acids is 1. The van der Waals surface area contributed by atoms with Gasteiger partial charge in [0.15, 0.2) is 0 Å². The molecule has 5 heteroatoms. The van der Waals surface area contributed by atoms with Crippen LogP contribution in [0.1, 0.15) is 58.3 Å². The van der Waals surface area contributed by atoms with Crippen LogP contribution in [0.25, 0.3) is 0 Å². The zero-order valence-electron chi connectivity index (χ0n) is 12.8. The molecule has 0 spiro atoms. The molecule has 5 atom stereocenters. The Balaban J connectivity index is 1.72. The van der Waals surface area contributed by atoms with Crippen LogP contribution < -0.4 is 5.32 Å². The summed E-state index contributed by atoms with van der Waals surface area (Å²) in [7, 11) is 0. The van der Waals surface area contributed by atoms with Crippen LogP contribution in [-0.4, -0.2) is 40.1 Å². The van der Waals surface area contributed by atoms with E-state index in [1.54, 1.807) is 4.90 Å². The summed E-state index contributed by atoms with van der Waals surface area (Å²) in [6.07, 6.45) is 8.11. The number of carbonyl (C=O) groups is 2. The lowest BCUT2D eigenvalue weighted by atomic mass is 9.76. The number of piperidine rings is 1. The summed E-state index contributed by atoms with van der Waals surface area (Å²) in [6, 6.07) is -0.378. The first-order valence-corrected chi connectivity index (χ1v) is 8.43. The second-order valence-electron chi connectivity index (χ2n) is 6.91. The average Bonchev–Trinajstić information content (AvgIpc) is 3.23. The van der Waals surface area contributed by atoms with Crippen LogP contribution >= 0.6 is 0 Å². The number of likely N-dealkylation sites (tertiary alicyclic amines) is 1. The molecule has 1 aliphatic heterocycles. The summed E-state index contributed by atoms with van der Waals surface area (Å²) in [6.45, 7) is 2.13. The molecular weight excluding hydrogens is 268 g/mol. The van der Waals surface area contributed by atoms with Crippen molar-refractivity contribution in [2.75, 3.05) is 0 Å². The van der Waals surface area contributed by atoms with Gasteiger partial charge in [-0.05, 0) is 43.9 Å². The second-order valence-corrected chi connectivity index (χ2v) is 6.91. The third-order valence-corrected chi connectivity index (χ3v) is 5.65. The zero-order valence-corrected chi connectivity index (χ0v) is 12.8. The fraction of sp³-hybridized carbons (Fsp3) is 0.875. The summed E-state index contributed by atoms with van der Waals surface area (Å²) in [5.74, 6) is 0.238. The van der Waals surface area contributed by atoms with Gasteiger partial charge in [-0.25, -0.2) is 9.59 Å². The highest BCUT2D eigenvalue weighted by Crippen LogP contribution is 2.39. The normalized spacial score (nSPS) is 38.5. The van der Waals surface area contributed by atoms with Crippen LogP contribution in [0.3, 0.4) is 0 Å². The summed E-state index contributed by atoms with van der Waals surface area (Å²) in [5, 5.41) is 12.5. The van der Waals surface area contributed by atoms with Crippen LogP contribution in [0.4, 0.5) is 4.79 Å². The Morgan fingerprint density at radius 3 is 2.62 bits per heavy atom. The molecule has 3 fully saturated rings. The SMILES string of the molecule is CCC1CC1NC(=O)N1C(C(=O)O)CCC2CCCCC21. The maximum atomic E-state index is 12.6. The average molecular weight is 294 g/mol. The molecular formula is C16H26N2O3. The summed E-state index contributed by atoms with van der Waals surface area (Å²) in [5.41, 5.74) is 0. The maximum Gasteiger partial charge on any atom is 0.326 e. The largest absolute Gasteiger partial charge is 0.480 e. The van der Waals surface area contributed by atoms with E-state index in [1.807, 2.05) is 0 Å². The van der Waals surface area contributed by atoms with Crippen molar-refractivity contribution in [1.29, 1.82) is 0 Å². The Labute approximate surface area is 126 Å². The fourth-order valence-electron chi connectivity index (χ4n) is 4.28. The topological polar surface area (TPSA) is 69.6 Å². The lowest BCUT2D eigenvalue weighted by Gasteiger charge is -2.47. The first kappa shape index (κ1) is 14.7. The molecule has 21 heavy (non-hydrogen) atoms. The van der Waals surface area contributed by atoms with E-state index < -0.39 is 12.0 Å². The van der Waals surface area contributed by atoms with Crippen molar-refractivity contribution in [3.8, 4) is 0 Å². The molecule has 0 radical (unpaired) electrons. The van der Waals surface area contributed by atoms with Crippen molar-refractivity contribution in [2.24, 2.45) is 11.8 Å². The number of nitrogens with zero attached hydrogens (tertiary/aromatic N) is 1. The van der Waals surface area contributed by atoms with E-state index in [0.29, 0.717) is 18.3 Å². The number of aliphatic carboxylic acids is 1. The van der Waals surface area contributed by atoms with E-state index >= 15 is 0 Å². The molecule has 5 nitrogen and oxygen atoms in total. The Bertz CT molecular complexity index is 426. The summed E-state index contributed by atoms with van der Waals surface area (Å²) >= 11 is 0. The van der Waals surface area contributed by atoms with Crippen molar-refractivity contribution in [1.82, 2.24) is 10.2 Å². The molecule has 1 saturated heterocycles. The molecule has 3 rings (SSSR count). The summed E-state index contributed by atoms with van der Waals surface area (Å²) < 4.78 is 0. The number of hydrogen-bond donors (Lipinski definition) is 2. The van der Waals surface area contributed by atoms with Crippen molar-refractivity contribution in [2.45, 2.75) is 76.4 Å². The van der Waals surface area contributed by atoms with Crippen molar-refractivity contribution >= 4 is 12.0 Å². The predicted octanol–water partition coefficient (Wildman–Crippen LogP) is 2.60. The number of carbonyl (C=O) groups excluding carboxylic acids is 1. The third kappa shape index (κ3) is 2.87. The Morgan fingerprint density at radius 2 is 1.95 bits per heavy atom. The van der Waals surface area contributed by atoms with Gasteiger partial charge in [-0.3, -0.25) is 0 Å². The van der Waals surface area contributed by atoms with Gasteiger partial charge < -0.3 is 15.3 Å². The minimum atomic E-state index is -0.850. The first-order chi connectivity index (χ1) is 10.1. The van der Waals surface area contributed by atoms with E-state index in [9.17, 15) is 14.7 Å². The molecule has 118 valence electrons. The lowest BCUT2D eigenvalue weighted by Crippen LogP contribution is -2.60. The number of fused-ring (bicyclic) bond motifs is 1. The predicted molar refractivity (Wildman–Crippen MR) is 79.0 cm³/mol. The summed E-state index contributed by atoms with van der Waals surface area (Å²) in [4.78, 5) is 25.9. The van der Waals surface area contributed by atoms with E-state index in [0.717, 1.165) is 38.5 Å². The van der Waals surface area contributed by atoms with Gasteiger partial charge in [-0.1, -0.05) is 26.2 Å². The van der Waals surface area contributed by atoms with Gasteiger partial charge in [0.25, 0.3) is 0 Å². The fourth-order valence-corrected chi connectivity index (χ4v) is 4.28. The highest BCUT2D eigenvalue weighted by Gasteiger charge is 2.46. The first-order valence-electron chi connectivity index (χ1n) is 8.43. The van der Waals surface area contributed by atoms with Crippen LogP contribution in [0, 0.1) is 11.8 Å². The van der Waals surface area contributed by atoms with Gasteiger partial charge in [-0.2, -0.15) is 0 Å². The molecule has 2 N–H and O–H groups in total. The molecule has 2 aliphatic carbocycles. The number of rotatable bonds is 3. The number of amides is 2. The standard InChI is InChI=1S/C16H26N2O3/c1-2-10-9-12(10)17-16(21)18-13-6-4-3-5-11(13)7-8-14(18)15(19)20/h10-14H,2-9H2,1H3,(H,17,21)(H,19,20). The maximum absolute atomic E-state index is 12.6. The molecule has 1 heterocycles. The molecule has 2 amide bonds. The Kier molecular flexibility index (Phi) is 4.09. The van der Waals surface area contributed by atoms with Crippen LogP contribution in [0.5, 0.6) is 0 Å². The number of carboxylic acid groups (broad SMARTS) is 1. The Hall–Kier alpha value is -1.26. The van der Waals surface area contributed by atoms with Crippen LogP contribution in [0.15, 0.2) is 0 Å². The molecule has 5 unspecified atom stereocenters. The van der Waals surface area contributed by atoms with Crippen molar-refractivity contribution in [3.63, 3.8) is 0 Å². The minimum Gasteiger partial charge on any atom is -0.480 e. The minimum absolute atomic E-state index is 0.132. The lowest BCUT2D eigenvalue weighted by molar-refractivity contribution is -0.145. The van der Waals surface area contributed by atoms with Gasteiger partial charge in [0.1, 0.15) is 6.04 Å². The zero-order chi connectivity index (χ0) is 15.0. The quantitative estimate of drug-likeness (QED) is 0.840. The highest BCUT2D eigenvalue weighted by molar-refractivity contribution is 5.83. The molecule has 0 aromatic rings. The van der Waals surface area contributed by atoms with Crippen molar-refractivity contribution < 1.29 is 14.7 Å². The number of nitrogens with one attached hydrogen (secondary N) is 1. The molecule has 3 aliphatic rings. The van der Waals surface area contributed by atoms with Gasteiger partial charge in [0, 0.05) is 12.1 Å². The smallest absolute Gasteiger partial charge is 0.326 e. The van der Waals surface area contributed by atoms with E-state index in [1.165, 1.54) is 6.42 Å². The monoisotopic (exact) mass is 294 g/mol. The molecule has 0 aromatic carbocycles. The highest BCUT2D eigenvalue weighted by atomic mass is 16.4. The third-order valence-electron chi connectivity index (χ3n) is 5.65.